The van der Waals surface area contributed by atoms with Gasteiger partial charge in [0.2, 0.25) is 0 Å². The minimum atomic E-state index is -0.496. The Labute approximate surface area is 184 Å². The summed E-state index contributed by atoms with van der Waals surface area (Å²) in [6.07, 6.45) is 1.35. The lowest BCUT2D eigenvalue weighted by atomic mass is 10.3. The Balaban J connectivity index is 1.28. The van der Waals surface area contributed by atoms with Gasteiger partial charge in [-0.15, -0.1) is 22.7 Å². The molecule has 0 saturated carbocycles. The molecular weight excluding hydrogens is 438 g/mol. The Hall–Kier alpha value is -3.76. The third kappa shape index (κ3) is 5.44. The van der Waals surface area contributed by atoms with Gasteiger partial charge in [-0.05, 0) is 47.8 Å². The predicted molar refractivity (Wildman–Crippen MR) is 117 cm³/mol. The van der Waals surface area contributed by atoms with E-state index in [9.17, 15) is 14.4 Å². The second-order valence-electron chi connectivity index (χ2n) is 6.18. The number of hydrogen-bond donors (Lipinski definition) is 2. The van der Waals surface area contributed by atoms with E-state index < -0.39 is 11.9 Å². The molecule has 0 bridgehead atoms. The molecule has 0 aliphatic heterocycles. The van der Waals surface area contributed by atoms with E-state index in [4.69, 9.17) is 9.15 Å². The normalized spacial score (nSPS) is 10.5. The van der Waals surface area contributed by atoms with E-state index in [1.54, 1.807) is 53.9 Å². The fourth-order valence-corrected chi connectivity index (χ4v) is 3.86. The van der Waals surface area contributed by atoms with Crippen molar-refractivity contribution in [3.05, 3.63) is 81.9 Å². The van der Waals surface area contributed by atoms with Gasteiger partial charge in [0.1, 0.15) is 5.75 Å². The number of nitrogens with zero attached hydrogens (tertiary/aromatic N) is 1. The molecule has 0 aliphatic carbocycles. The van der Waals surface area contributed by atoms with Crippen molar-refractivity contribution in [3.8, 4) is 5.75 Å². The lowest BCUT2D eigenvalue weighted by Crippen LogP contribution is -2.13. The van der Waals surface area contributed by atoms with Crippen LogP contribution in [0.15, 0.2) is 70.0 Å². The van der Waals surface area contributed by atoms with Crippen molar-refractivity contribution in [2.24, 2.45) is 0 Å². The summed E-state index contributed by atoms with van der Waals surface area (Å²) >= 11 is 2.55. The third-order valence-corrected chi connectivity index (χ3v) is 5.61. The van der Waals surface area contributed by atoms with Crippen LogP contribution in [0.1, 0.15) is 25.9 Å². The molecule has 8 nitrogen and oxygen atoms in total. The monoisotopic (exact) mass is 453 g/mol. The molecule has 31 heavy (non-hydrogen) atoms. The first kappa shape index (κ1) is 20.5. The van der Waals surface area contributed by atoms with Crippen molar-refractivity contribution < 1.29 is 23.5 Å². The highest BCUT2D eigenvalue weighted by Gasteiger charge is 2.14. The highest BCUT2D eigenvalue weighted by Crippen LogP contribution is 2.20. The molecular formula is C21H15N3O5S2. The van der Waals surface area contributed by atoms with E-state index in [0.717, 1.165) is 0 Å². The van der Waals surface area contributed by atoms with Crippen LogP contribution in [0.5, 0.6) is 5.75 Å². The zero-order valence-electron chi connectivity index (χ0n) is 15.9. The van der Waals surface area contributed by atoms with Gasteiger partial charge < -0.3 is 14.5 Å². The van der Waals surface area contributed by atoms with Gasteiger partial charge in [0, 0.05) is 11.1 Å². The average molecular weight is 454 g/mol. The number of carbonyl (C=O) groups is 3. The van der Waals surface area contributed by atoms with Gasteiger partial charge in [-0.2, -0.15) is 0 Å². The molecule has 0 atom stereocenters. The predicted octanol–water partition coefficient (Wildman–Crippen LogP) is 4.45. The molecule has 10 heteroatoms. The molecule has 2 N–H and O–H groups in total. The minimum Gasteiger partial charge on any atom is -0.459 e. The van der Waals surface area contributed by atoms with Crippen molar-refractivity contribution in [2.75, 3.05) is 10.6 Å². The van der Waals surface area contributed by atoms with E-state index in [1.165, 1.54) is 28.9 Å². The Morgan fingerprint density at radius 2 is 1.81 bits per heavy atom. The van der Waals surface area contributed by atoms with Gasteiger partial charge >= 0.3 is 5.97 Å². The largest absolute Gasteiger partial charge is 0.459 e. The summed E-state index contributed by atoms with van der Waals surface area (Å²) in [4.78, 5) is 41.0. The first-order valence-corrected chi connectivity index (χ1v) is 10.8. The van der Waals surface area contributed by atoms with Crippen molar-refractivity contribution in [2.45, 2.75) is 6.42 Å². The van der Waals surface area contributed by atoms with E-state index in [-0.39, 0.29) is 18.1 Å². The molecule has 1 aromatic carbocycles. The van der Waals surface area contributed by atoms with Gasteiger partial charge in [0.25, 0.3) is 11.8 Å². The number of thiazole rings is 1. The molecule has 3 aromatic heterocycles. The molecule has 3 heterocycles. The van der Waals surface area contributed by atoms with Crippen LogP contribution in [0, 0.1) is 0 Å². The third-order valence-electron chi connectivity index (χ3n) is 3.93. The number of hydrogen-bond acceptors (Lipinski definition) is 8. The van der Waals surface area contributed by atoms with E-state index in [2.05, 4.69) is 15.6 Å². The van der Waals surface area contributed by atoms with E-state index in [1.807, 2.05) is 5.38 Å². The second-order valence-corrected chi connectivity index (χ2v) is 7.99. The molecule has 0 fully saturated rings. The van der Waals surface area contributed by atoms with Crippen molar-refractivity contribution in [1.82, 2.24) is 4.98 Å². The SMILES string of the molecule is O=C(Cc1csc(NC(=O)c2ccco2)n1)Oc1ccc(NC(=O)c2cccs2)cc1. The number of thiophene rings is 1. The van der Waals surface area contributed by atoms with Crippen LogP contribution in [0.4, 0.5) is 10.8 Å². The average Bonchev–Trinajstić information content (AvgIpc) is 3.52. The molecule has 4 rings (SSSR count). The number of carbonyl (C=O) groups excluding carboxylic acids is 3. The smallest absolute Gasteiger partial charge is 0.317 e. The number of aromatic nitrogens is 1. The first-order valence-electron chi connectivity index (χ1n) is 9.02. The maximum atomic E-state index is 12.2. The summed E-state index contributed by atoms with van der Waals surface area (Å²) in [5.74, 6) is -0.588. The number of anilines is 2. The van der Waals surface area contributed by atoms with Gasteiger partial charge in [-0.25, -0.2) is 4.98 Å². The van der Waals surface area contributed by atoms with E-state index >= 15 is 0 Å². The summed E-state index contributed by atoms with van der Waals surface area (Å²) in [6.45, 7) is 0. The summed E-state index contributed by atoms with van der Waals surface area (Å²) in [5, 5.41) is 9.24. The highest BCUT2D eigenvalue weighted by atomic mass is 32.1. The number of nitrogens with one attached hydrogen (secondary N) is 2. The summed E-state index contributed by atoms with van der Waals surface area (Å²) in [6, 6.07) is 13.2. The Bertz CT molecular complexity index is 1180. The fourth-order valence-electron chi connectivity index (χ4n) is 2.53. The second kappa shape index (κ2) is 9.37. The summed E-state index contributed by atoms with van der Waals surface area (Å²) in [7, 11) is 0. The minimum absolute atomic E-state index is 0.0516. The molecule has 156 valence electrons. The quantitative estimate of drug-likeness (QED) is 0.316. The van der Waals surface area contributed by atoms with Crippen LogP contribution in [-0.2, 0) is 11.2 Å². The summed E-state index contributed by atoms with van der Waals surface area (Å²) in [5.41, 5.74) is 1.07. The van der Waals surface area contributed by atoms with E-state index in [0.29, 0.717) is 27.1 Å². The highest BCUT2D eigenvalue weighted by molar-refractivity contribution is 7.14. The van der Waals surface area contributed by atoms with Crippen LogP contribution in [0.25, 0.3) is 0 Å². The lowest BCUT2D eigenvalue weighted by Gasteiger charge is -2.06. The van der Waals surface area contributed by atoms with Crippen LogP contribution in [0.2, 0.25) is 0 Å². The van der Waals surface area contributed by atoms with Crippen LogP contribution in [0.3, 0.4) is 0 Å². The Kier molecular flexibility index (Phi) is 6.20. The van der Waals surface area contributed by atoms with Gasteiger partial charge in [0.05, 0.1) is 23.3 Å². The molecule has 0 radical (unpaired) electrons. The van der Waals surface area contributed by atoms with Gasteiger partial charge in [0.15, 0.2) is 10.9 Å². The first-order chi connectivity index (χ1) is 15.1. The number of esters is 1. The molecule has 0 aliphatic rings. The van der Waals surface area contributed by atoms with Crippen LogP contribution < -0.4 is 15.4 Å². The molecule has 2 amide bonds. The van der Waals surface area contributed by atoms with Gasteiger partial charge in [-0.3, -0.25) is 19.7 Å². The van der Waals surface area contributed by atoms with Crippen molar-refractivity contribution in [1.29, 1.82) is 0 Å². The number of rotatable bonds is 7. The fraction of sp³-hybridized carbons (Fsp3) is 0.0476. The molecule has 0 saturated heterocycles. The lowest BCUT2D eigenvalue weighted by molar-refractivity contribution is -0.133. The van der Waals surface area contributed by atoms with Crippen LogP contribution >= 0.6 is 22.7 Å². The molecule has 0 unspecified atom stereocenters. The van der Waals surface area contributed by atoms with Crippen molar-refractivity contribution >= 4 is 51.3 Å². The number of benzene rings is 1. The number of furan rings is 1. The summed E-state index contributed by atoms with van der Waals surface area (Å²) < 4.78 is 10.3. The molecule has 4 aromatic rings. The zero-order chi connectivity index (χ0) is 21.6. The Morgan fingerprint density at radius 1 is 0.968 bits per heavy atom. The number of ether oxygens (including phenoxy) is 1. The Morgan fingerprint density at radius 3 is 2.52 bits per heavy atom. The topological polar surface area (TPSA) is 111 Å². The molecule has 0 spiro atoms. The number of amides is 2. The van der Waals surface area contributed by atoms with Crippen LogP contribution in [-0.4, -0.2) is 22.8 Å². The maximum absolute atomic E-state index is 12.2. The standard InChI is InChI=1S/C21H15N3O5S2/c25-18(11-14-12-31-21(23-14)24-19(26)16-3-1-9-28-16)29-15-7-5-13(6-8-15)22-20(27)17-4-2-10-30-17/h1-10,12H,11H2,(H,22,27)(H,23,24,26). The van der Waals surface area contributed by atoms with Gasteiger partial charge in [-0.1, -0.05) is 6.07 Å². The van der Waals surface area contributed by atoms with Crippen molar-refractivity contribution in [3.63, 3.8) is 0 Å². The maximum Gasteiger partial charge on any atom is 0.317 e. The zero-order valence-corrected chi connectivity index (χ0v) is 17.5.